The van der Waals surface area contributed by atoms with Crippen LogP contribution in [0.3, 0.4) is 0 Å². The molecule has 0 spiro atoms. The van der Waals surface area contributed by atoms with Crippen molar-refractivity contribution < 1.29 is 13.2 Å². The Morgan fingerprint density at radius 1 is 1.42 bits per heavy atom. The molecule has 1 aromatic rings. The lowest BCUT2D eigenvalue weighted by molar-refractivity contribution is 0.414. The quantitative estimate of drug-likeness (QED) is 0.857. The summed E-state index contributed by atoms with van der Waals surface area (Å²) in [5.41, 5.74) is 0.917. The maximum Gasteiger partial charge on any atom is 0.151 e. The van der Waals surface area contributed by atoms with Crippen LogP contribution in [0.5, 0.6) is 5.75 Å². The molecule has 0 saturated carbocycles. The molecule has 0 aromatic heterocycles. The van der Waals surface area contributed by atoms with Crippen LogP contribution in [0.15, 0.2) is 22.7 Å². The number of nitrogens with one attached hydrogen (secondary N) is 1. The Hall–Kier alpha value is -0.590. The summed E-state index contributed by atoms with van der Waals surface area (Å²) >= 11 is 3.48. The van der Waals surface area contributed by atoms with Crippen molar-refractivity contribution in [1.29, 1.82) is 0 Å². The van der Waals surface area contributed by atoms with E-state index in [4.69, 9.17) is 4.74 Å². The zero-order valence-corrected chi connectivity index (χ0v) is 14.0. The lowest BCUT2D eigenvalue weighted by Crippen LogP contribution is -2.35. The Morgan fingerprint density at radius 3 is 2.47 bits per heavy atom. The smallest absolute Gasteiger partial charge is 0.151 e. The highest BCUT2D eigenvalue weighted by molar-refractivity contribution is 9.10. The Balaban J connectivity index is 3.19. The van der Waals surface area contributed by atoms with Gasteiger partial charge in [-0.05, 0) is 31.2 Å². The predicted octanol–water partition coefficient (Wildman–Crippen LogP) is 2.54. The van der Waals surface area contributed by atoms with Gasteiger partial charge in [0.2, 0.25) is 0 Å². The molecule has 2 atom stereocenters. The highest BCUT2D eigenvalue weighted by Crippen LogP contribution is 2.31. The van der Waals surface area contributed by atoms with Crippen LogP contribution in [-0.2, 0) is 9.84 Å². The van der Waals surface area contributed by atoms with E-state index in [1.165, 1.54) is 6.26 Å². The molecule has 0 radical (unpaired) electrons. The molecule has 0 saturated heterocycles. The Kier molecular flexibility index (Phi) is 5.82. The summed E-state index contributed by atoms with van der Waals surface area (Å²) < 4.78 is 29.5. The minimum Gasteiger partial charge on any atom is -0.497 e. The Bertz CT molecular complexity index is 531. The van der Waals surface area contributed by atoms with Crippen LogP contribution in [0.1, 0.15) is 25.5 Å². The van der Waals surface area contributed by atoms with Crippen molar-refractivity contribution in [3.8, 4) is 5.75 Å². The molecule has 6 heteroatoms. The number of halogens is 1. The number of ether oxygens (including phenoxy) is 1. The van der Waals surface area contributed by atoms with E-state index in [1.54, 1.807) is 14.0 Å². The maximum atomic E-state index is 11.8. The number of hydrogen-bond acceptors (Lipinski definition) is 4. The Labute approximate surface area is 123 Å². The normalized spacial score (nSPS) is 15.0. The summed E-state index contributed by atoms with van der Waals surface area (Å²) in [4.78, 5) is 0. The van der Waals surface area contributed by atoms with Crippen LogP contribution >= 0.6 is 15.9 Å². The minimum atomic E-state index is -3.12. The highest BCUT2D eigenvalue weighted by atomic mass is 79.9. The molecule has 4 nitrogen and oxygen atoms in total. The minimum absolute atomic E-state index is 0.250. The third kappa shape index (κ3) is 4.19. The molecule has 1 aromatic carbocycles. The first-order valence-corrected chi connectivity index (χ1v) is 8.81. The van der Waals surface area contributed by atoms with E-state index in [-0.39, 0.29) is 6.04 Å². The Morgan fingerprint density at radius 2 is 2.05 bits per heavy atom. The van der Waals surface area contributed by atoms with Gasteiger partial charge in [-0.25, -0.2) is 8.42 Å². The van der Waals surface area contributed by atoms with Gasteiger partial charge >= 0.3 is 0 Å². The van der Waals surface area contributed by atoms with E-state index in [2.05, 4.69) is 21.2 Å². The second-order valence-electron chi connectivity index (χ2n) is 4.46. The molecular weight excluding hydrogens is 330 g/mol. The van der Waals surface area contributed by atoms with Crippen molar-refractivity contribution in [2.75, 3.05) is 19.9 Å². The zero-order valence-electron chi connectivity index (χ0n) is 11.6. The molecule has 0 heterocycles. The van der Waals surface area contributed by atoms with Crippen molar-refractivity contribution >= 4 is 25.8 Å². The predicted molar refractivity (Wildman–Crippen MR) is 81.4 cm³/mol. The van der Waals surface area contributed by atoms with Crippen molar-refractivity contribution in [3.63, 3.8) is 0 Å². The zero-order chi connectivity index (χ0) is 14.6. The molecule has 19 heavy (non-hydrogen) atoms. The SMILES string of the molecule is CCNC(c1ccc(OC)cc1Br)C(C)S(C)(=O)=O. The maximum absolute atomic E-state index is 11.8. The summed E-state index contributed by atoms with van der Waals surface area (Å²) in [5, 5.41) is 2.73. The second kappa shape index (κ2) is 6.72. The standard InChI is InChI=1S/C13H20BrNO3S/c1-5-15-13(9(2)19(4,16)17)11-7-6-10(18-3)8-12(11)14/h6-9,13,15H,5H2,1-4H3. The summed E-state index contributed by atoms with van der Waals surface area (Å²) in [5.74, 6) is 0.734. The van der Waals surface area contributed by atoms with Crippen LogP contribution in [0.2, 0.25) is 0 Å². The first-order chi connectivity index (χ1) is 8.81. The molecule has 0 aliphatic heterocycles. The number of methoxy groups -OCH3 is 1. The molecule has 0 aliphatic rings. The van der Waals surface area contributed by atoms with Crippen molar-refractivity contribution in [2.24, 2.45) is 0 Å². The average Bonchev–Trinajstić information content (AvgIpc) is 2.34. The summed E-state index contributed by atoms with van der Waals surface area (Å²) in [6.45, 7) is 4.38. The molecule has 0 fully saturated rings. The first-order valence-electron chi connectivity index (χ1n) is 6.07. The largest absolute Gasteiger partial charge is 0.497 e. The van der Waals surface area contributed by atoms with E-state index < -0.39 is 15.1 Å². The van der Waals surface area contributed by atoms with E-state index in [1.807, 2.05) is 25.1 Å². The molecule has 0 amide bonds. The van der Waals surface area contributed by atoms with Crippen molar-refractivity contribution in [3.05, 3.63) is 28.2 Å². The lowest BCUT2D eigenvalue weighted by atomic mass is 10.0. The third-order valence-corrected chi connectivity index (χ3v) is 5.42. The molecule has 1 rings (SSSR count). The van der Waals surface area contributed by atoms with Gasteiger partial charge in [0.05, 0.1) is 12.4 Å². The number of hydrogen-bond donors (Lipinski definition) is 1. The molecule has 0 bridgehead atoms. The fourth-order valence-corrected chi connectivity index (χ4v) is 3.22. The monoisotopic (exact) mass is 349 g/mol. The van der Waals surface area contributed by atoms with Gasteiger partial charge in [0, 0.05) is 16.8 Å². The fraction of sp³-hybridized carbons (Fsp3) is 0.538. The van der Waals surface area contributed by atoms with E-state index >= 15 is 0 Å². The van der Waals surface area contributed by atoms with Crippen LogP contribution in [0, 0.1) is 0 Å². The van der Waals surface area contributed by atoms with Crippen LogP contribution in [0.4, 0.5) is 0 Å². The van der Waals surface area contributed by atoms with Crippen LogP contribution in [0.25, 0.3) is 0 Å². The first kappa shape index (κ1) is 16.5. The lowest BCUT2D eigenvalue weighted by Gasteiger charge is -2.25. The van der Waals surface area contributed by atoms with Gasteiger partial charge < -0.3 is 10.1 Å². The van der Waals surface area contributed by atoms with Crippen molar-refractivity contribution in [1.82, 2.24) is 5.32 Å². The summed E-state index contributed by atoms with van der Waals surface area (Å²) in [6, 6.07) is 5.31. The van der Waals surface area contributed by atoms with Gasteiger partial charge in [0.1, 0.15) is 5.75 Å². The highest BCUT2D eigenvalue weighted by Gasteiger charge is 2.28. The molecule has 108 valence electrons. The molecule has 0 aliphatic carbocycles. The topological polar surface area (TPSA) is 55.4 Å². The van der Waals surface area contributed by atoms with Gasteiger partial charge in [0.25, 0.3) is 0 Å². The summed E-state index contributed by atoms with van der Waals surface area (Å²) in [6.07, 6.45) is 1.26. The van der Waals surface area contributed by atoms with Gasteiger partial charge in [-0.3, -0.25) is 0 Å². The molecular formula is C13H20BrNO3S. The number of benzene rings is 1. The van der Waals surface area contributed by atoms with E-state index in [9.17, 15) is 8.42 Å². The van der Waals surface area contributed by atoms with Crippen molar-refractivity contribution in [2.45, 2.75) is 25.1 Å². The van der Waals surface area contributed by atoms with E-state index in [0.29, 0.717) is 6.54 Å². The fourth-order valence-electron chi connectivity index (χ4n) is 1.88. The van der Waals surface area contributed by atoms with E-state index in [0.717, 1.165) is 15.8 Å². The number of sulfone groups is 1. The summed E-state index contributed by atoms with van der Waals surface area (Å²) in [7, 11) is -1.52. The van der Waals surface area contributed by atoms with Gasteiger partial charge in [-0.2, -0.15) is 0 Å². The van der Waals surface area contributed by atoms with Crippen LogP contribution in [-0.4, -0.2) is 33.6 Å². The molecule has 1 N–H and O–H groups in total. The van der Waals surface area contributed by atoms with Gasteiger partial charge in [-0.1, -0.05) is 28.9 Å². The third-order valence-electron chi connectivity index (χ3n) is 3.11. The van der Waals surface area contributed by atoms with Gasteiger partial charge in [0.15, 0.2) is 9.84 Å². The number of rotatable bonds is 6. The van der Waals surface area contributed by atoms with Gasteiger partial charge in [-0.15, -0.1) is 0 Å². The average molecular weight is 350 g/mol. The second-order valence-corrected chi connectivity index (χ2v) is 7.71. The molecule has 2 unspecified atom stereocenters. The van der Waals surface area contributed by atoms with Crippen LogP contribution < -0.4 is 10.1 Å².